The molecule has 0 bridgehead atoms. The largest absolute Gasteiger partial charge is 0.480 e. The van der Waals surface area contributed by atoms with Crippen molar-refractivity contribution in [2.45, 2.75) is 45.4 Å². The van der Waals surface area contributed by atoms with Crippen LogP contribution in [-0.4, -0.2) is 35.7 Å². The average Bonchev–Trinajstić information content (AvgIpc) is 2.48. The van der Waals surface area contributed by atoms with E-state index in [2.05, 4.69) is 15.4 Å². The van der Waals surface area contributed by atoms with E-state index in [0.29, 0.717) is 18.5 Å². The van der Waals surface area contributed by atoms with E-state index in [-0.39, 0.29) is 5.75 Å². The molecule has 2 atom stereocenters. The van der Waals surface area contributed by atoms with Crippen LogP contribution in [0, 0.1) is 0 Å². The molecular formula is C15H20F2N2O4. The molecule has 0 aromatic heterocycles. The number of amides is 1. The summed E-state index contributed by atoms with van der Waals surface area (Å²) in [5.41, 5.74) is 0.396. The quantitative estimate of drug-likeness (QED) is 0.647. The number of hydrogen-bond donors (Lipinski definition) is 3. The van der Waals surface area contributed by atoms with Crippen molar-refractivity contribution in [3.63, 3.8) is 0 Å². The molecule has 0 radical (unpaired) electrons. The molecule has 2 unspecified atom stereocenters. The fourth-order valence-electron chi connectivity index (χ4n) is 1.91. The van der Waals surface area contributed by atoms with Gasteiger partial charge in [0.25, 0.3) is 0 Å². The van der Waals surface area contributed by atoms with Crippen molar-refractivity contribution in [2.24, 2.45) is 0 Å². The number of hydrogen-bond acceptors (Lipinski definition) is 4. The Bertz CT molecular complexity index is 523. The van der Waals surface area contributed by atoms with Crippen LogP contribution in [0.4, 0.5) is 14.5 Å². The first-order valence-electron chi connectivity index (χ1n) is 7.18. The van der Waals surface area contributed by atoms with Crippen molar-refractivity contribution >= 4 is 17.6 Å². The highest BCUT2D eigenvalue weighted by atomic mass is 19.3. The molecule has 0 aliphatic heterocycles. The average molecular weight is 330 g/mol. The minimum Gasteiger partial charge on any atom is -0.480 e. The third kappa shape index (κ3) is 6.60. The van der Waals surface area contributed by atoms with E-state index in [9.17, 15) is 18.4 Å². The molecule has 1 amide bonds. The zero-order valence-corrected chi connectivity index (χ0v) is 12.9. The van der Waals surface area contributed by atoms with Crippen LogP contribution in [0.5, 0.6) is 5.75 Å². The van der Waals surface area contributed by atoms with Crippen molar-refractivity contribution in [1.29, 1.82) is 0 Å². The first kappa shape index (κ1) is 18.8. The number of ether oxygens (including phenoxy) is 1. The van der Waals surface area contributed by atoms with E-state index in [4.69, 9.17) is 5.11 Å². The SMILES string of the molecule is CCCC(NC(C)C(=O)Nc1ccc(OC(F)F)cc1)C(=O)O. The number of carbonyl (C=O) groups excluding carboxylic acids is 1. The predicted octanol–water partition coefficient (Wildman–Crippen LogP) is 2.46. The summed E-state index contributed by atoms with van der Waals surface area (Å²) in [5.74, 6) is -1.45. The molecule has 0 spiro atoms. The molecule has 1 rings (SSSR count). The van der Waals surface area contributed by atoms with Crippen LogP contribution in [0.25, 0.3) is 0 Å². The second-order valence-electron chi connectivity index (χ2n) is 4.96. The molecular weight excluding hydrogens is 310 g/mol. The number of carboxylic acids is 1. The molecule has 0 fully saturated rings. The molecule has 1 aromatic rings. The third-order valence-corrected chi connectivity index (χ3v) is 3.07. The Morgan fingerprint density at radius 1 is 1.26 bits per heavy atom. The summed E-state index contributed by atoms with van der Waals surface area (Å²) in [6.45, 7) is 0.492. The summed E-state index contributed by atoms with van der Waals surface area (Å²) in [4.78, 5) is 23.1. The summed E-state index contributed by atoms with van der Waals surface area (Å²) in [6, 6.07) is 3.92. The number of rotatable bonds is 9. The zero-order valence-electron chi connectivity index (χ0n) is 12.9. The maximum absolute atomic E-state index is 12.0. The van der Waals surface area contributed by atoms with Gasteiger partial charge in [-0.3, -0.25) is 14.9 Å². The molecule has 128 valence electrons. The fourth-order valence-corrected chi connectivity index (χ4v) is 1.91. The van der Waals surface area contributed by atoms with E-state index >= 15 is 0 Å². The molecule has 8 heteroatoms. The van der Waals surface area contributed by atoms with Gasteiger partial charge in [-0.05, 0) is 37.6 Å². The van der Waals surface area contributed by atoms with Crippen molar-refractivity contribution in [2.75, 3.05) is 5.32 Å². The minimum absolute atomic E-state index is 0.0157. The predicted molar refractivity (Wildman–Crippen MR) is 80.6 cm³/mol. The molecule has 0 aliphatic carbocycles. The van der Waals surface area contributed by atoms with Gasteiger partial charge in [-0.25, -0.2) is 0 Å². The Balaban J connectivity index is 2.58. The second kappa shape index (κ2) is 9.04. The van der Waals surface area contributed by atoms with Crippen LogP contribution in [0.15, 0.2) is 24.3 Å². The highest BCUT2D eigenvalue weighted by Crippen LogP contribution is 2.17. The van der Waals surface area contributed by atoms with Crippen molar-refractivity contribution in [3.8, 4) is 5.75 Å². The molecule has 0 heterocycles. The molecule has 0 saturated heterocycles. The fraction of sp³-hybridized carbons (Fsp3) is 0.467. The normalized spacial score (nSPS) is 13.4. The Morgan fingerprint density at radius 3 is 2.35 bits per heavy atom. The van der Waals surface area contributed by atoms with Gasteiger partial charge in [-0.1, -0.05) is 13.3 Å². The maximum atomic E-state index is 12.0. The van der Waals surface area contributed by atoms with E-state index < -0.39 is 30.6 Å². The number of alkyl halides is 2. The van der Waals surface area contributed by atoms with Gasteiger partial charge in [-0.2, -0.15) is 8.78 Å². The topological polar surface area (TPSA) is 87.7 Å². The number of nitrogens with one attached hydrogen (secondary N) is 2. The monoisotopic (exact) mass is 330 g/mol. The number of benzene rings is 1. The van der Waals surface area contributed by atoms with Crippen molar-refractivity contribution < 1.29 is 28.2 Å². The second-order valence-corrected chi connectivity index (χ2v) is 4.96. The van der Waals surface area contributed by atoms with Crippen molar-refractivity contribution in [3.05, 3.63) is 24.3 Å². The summed E-state index contributed by atoms with van der Waals surface area (Å²) in [7, 11) is 0. The Kier molecular flexibility index (Phi) is 7.40. The third-order valence-electron chi connectivity index (χ3n) is 3.07. The molecule has 23 heavy (non-hydrogen) atoms. The van der Waals surface area contributed by atoms with Gasteiger partial charge in [0.05, 0.1) is 6.04 Å². The van der Waals surface area contributed by atoms with Crippen LogP contribution in [0.1, 0.15) is 26.7 Å². The lowest BCUT2D eigenvalue weighted by molar-refractivity contribution is -0.140. The lowest BCUT2D eigenvalue weighted by Gasteiger charge is -2.19. The first-order valence-corrected chi connectivity index (χ1v) is 7.18. The lowest BCUT2D eigenvalue weighted by atomic mass is 10.1. The highest BCUT2D eigenvalue weighted by Gasteiger charge is 2.22. The number of carbonyl (C=O) groups is 2. The maximum Gasteiger partial charge on any atom is 0.387 e. The van der Waals surface area contributed by atoms with Crippen LogP contribution in [-0.2, 0) is 9.59 Å². The Morgan fingerprint density at radius 2 is 1.87 bits per heavy atom. The number of anilines is 1. The summed E-state index contributed by atoms with van der Waals surface area (Å²) in [5, 5.41) is 14.4. The zero-order chi connectivity index (χ0) is 17.4. The van der Waals surface area contributed by atoms with Gasteiger partial charge in [-0.15, -0.1) is 0 Å². The molecule has 0 saturated carbocycles. The smallest absolute Gasteiger partial charge is 0.387 e. The van der Waals surface area contributed by atoms with Gasteiger partial charge in [0, 0.05) is 5.69 Å². The Hall–Kier alpha value is -2.22. The van der Waals surface area contributed by atoms with E-state index in [0.717, 1.165) is 0 Å². The number of carboxylic acid groups (broad SMARTS) is 1. The van der Waals surface area contributed by atoms with Gasteiger partial charge in [0.1, 0.15) is 11.8 Å². The molecule has 0 aliphatic rings. The van der Waals surface area contributed by atoms with Gasteiger partial charge >= 0.3 is 12.6 Å². The standard InChI is InChI=1S/C15H20F2N2O4/c1-3-4-12(14(21)22)18-9(2)13(20)19-10-5-7-11(8-6-10)23-15(16)17/h5-9,12,15,18H,3-4H2,1-2H3,(H,19,20)(H,21,22). The van der Waals surface area contributed by atoms with Crippen LogP contribution in [0.3, 0.4) is 0 Å². The lowest BCUT2D eigenvalue weighted by Crippen LogP contribution is -2.47. The van der Waals surface area contributed by atoms with E-state index in [1.165, 1.54) is 24.3 Å². The van der Waals surface area contributed by atoms with E-state index in [1.807, 2.05) is 6.92 Å². The Labute approximate surface area is 132 Å². The van der Waals surface area contributed by atoms with Gasteiger partial charge in [0.2, 0.25) is 5.91 Å². The molecule has 1 aromatic carbocycles. The van der Waals surface area contributed by atoms with Gasteiger partial charge in [0.15, 0.2) is 0 Å². The van der Waals surface area contributed by atoms with E-state index in [1.54, 1.807) is 6.92 Å². The molecule has 6 nitrogen and oxygen atoms in total. The minimum atomic E-state index is -2.91. The summed E-state index contributed by atoms with van der Waals surface area (Å²) in [6.07, 6.45) is 1.08. The summed E-state index contributed by atoms with van der Waals surface area (Å²) < 4.78 is 28.3. The molecule has 3 N–H and O–H groups in total. The van der Waals surface area contributed by atoms with Crippen molar-refractivity contribution in [1.82, 2.24) is 5.32 Å². The number of halogens is 2. The van der Waals surface area contributed by atoms with Gasteiger partial charge < -0.3 is 15.2 Å². The number of aliphatic carboxylic acids is 1. The summed E-state index contributed by atoms with van der Waals surface area (Å²) >= 11 is 0. The van der Waals surface area contributed by atoms with Crippen LogP contribution in [0.2, 0.25) is 0 Å². The van der Waals surface area contributed by atoms with Crippen LogP contribution < -0.4 is 15.4 Å². The van der Waals surface area contributed by atoms with Crippen LogP contribution >= 0.6 is 0 Å². The highest BCUT2D eigenvalue weighted by molar-refractivity contribution is 5.95. The first-order chi connectivity index (χ1) is 10.8.